The van der Waals surface area contributed by atoms with Gasteiger partial charge in [0.25, 0.3) is 0 Å². The molecular formula is C16H12ClN3O3. The summed E-state index contributed by atoms with van der Waals surface area (Å²) in [6.07, 6.45) is 0. The van der Waals surface area contributed by atoms with E-state index in [1.54, 1.807) is 30.3 Å². The Hall–Kier alpha value is -2.86. The average molecular weight is 330 g/mol. The van der Waals surface area contributed by atoms with E-state index in [4.69, 9.17) is 16.3 Å². The minimum atomic E-state index is -1.16. The van der Waals surface area contributed by atoms with Crippen LogP contribution in [-0.4, -0.2) is 33.2 Å². The molecule has 0 atom stereocenters. The number of aromatic carboxylic acids is 1. The van der Waals surface area contributed by atoms with Crippen LogP contribution in [-0.2, 0) is 0 Å². The molecule has 0 saturated carbocycles. The third-order valence-corrected chi connectivity index (χ3v) is 3.52. The molecule has 0 amide bonds. The van der Waals surface area contributed by atoms with E-state index >= 15 is 0 Å². The molecule has 2 aromatic carbocycles. The average Bonchev–Trinajstić information content (AvgIpc) is 3.00. The summed E-state index contributed by atoms with van der Waals surface area (Å²) in [5, 5.41) is 17.6. The monoisotopic (exact) mass is 329 g/mol. The molecule has 1 N–H and O–H groups in total. The van der Waals surface area contributed by atoms with Gasteiger partial charge in [0, 0.05) is 10.6 Å². The number of halogens is 1. The van der Waals surface area contributed by atoms with E-state index in [2.05, 4.69) is 10.3 Å². The molecule has 0 aliphatic heterocycles. The highest BCUT2D eigenvalue weighted by Gasteiger charge is 2.23. The van der Waals surface area contributed by atoms with Gasteiger partial charge in [-0.25, -0.2) is 9.48 Å². The van der Waals surface area contributed by atoms with Crippen LogP contribution in [0.1, 0.15) is 10.5 Å². The van der Waals surface area contributed by atoms with Crippen LogP contribution in [0.15, 0.2) is 48.5 Å². The Morgan fingerprint density at radius 3 is 2.61 bits per heavy atom. The molecular weight excluding hydrogens is 318 g/mol. The summed E-state index contributed by atoms with van der Waals surface area (Å²) in [4.78, 5) is 11.5. The zero-order valence-corrected chi connectivity index (χ0v) is 12.9. The lowest BCUT2D eigenvalue weighted by Crippen LogP contribution is -2.04. The summed E-state index contributed by atoms with van der Waals surface area (Å²) < 4.78 is 6.74. The molecule has 0 spiro atoms. The van der Waals surface area contributed by atoms with Crippen LogP contribution in [0.3, 0.4) is 0 Å². The number of benzene rings is 2. The van der Waals surface area contributed by atoms with Crippen molar-refractivity contribution in [2.75, 3.05) is 7.11 Å². The van der Waals surface area contributed by atoms with Crippen molar-refractivity contribution in [2.24, 2.45) is 0 Å². The van der Waals surface area contributed by atoms with Crippen molar-refractivity contribution >= 4 is 17.6 Å². The first-order valence-electron chi connectivity index (χ1n) is 6.70. The quantitative estimate of drug-likeness (QED) is 0.794. The lowest BCUT2D eigenvalue weighted by atomic mass is 10.1. The van der Waals surface area contributed by atoms with Crippen molar-refractivity contribution in [1.29, 1.82) is 0 Å². The number of rotatable bonds is 4. The molecule has 1 aromatic heterocycles. The van der Waals surface area contributed by atoms with Crippen LogP contribution >= 0.6 is 11.6 Å². The molecule has 116 valence electrons. The van der Waals surface area contributed by atoms with Gasteiger partial charge in [-0.05, 0) is 18.2 Å². The normalized spacial score (nSPS) is 10.5. The number of ether oxygens (including phenoxy) is 1. The number of hydrogen-bond donors (Lipinski definition) is 1. The molecule has 0 bridgehead atoms. The third-order valence-electron chi connectivity index (χ3n) is 3.29. The molecule has 0 unspecified atom stereocenters. The van der Waals surface area contributed by atoms with Gasteiger partial charge < -0.3 is 9.84 Å². The molecule has 6 nitrogen and oxygen atoms in total. The third kappa shape index (κ3) is 2.76. The van der Waals surface area contributed by atoms with Gasteiger partial charge in [-0.1, -0.05) is 47.1 Å². The second-order valence-corrected chi connectivity index (χ2v) is 5.12. The summed E-state index contributed by atoms with van der Waals surface area (Å²) in [6.45, 7) is 0. The van der Waals surface area contributed by atoms with E-state index in [-0.39, 0.29) is 5.69 Å². The van der Waals surface area contributed by atoms with Gasteiger partial charge >= 0.3 is 5.97 Å². The maximum absolute atomic E-state index is 11.5. The summed E-state index contributed by atoms with van der Waals surface area (Å²) in [5.74, 6) is -0.649. The molecule has 3 rings (SSSR count). The molecule has 0 aliphatic rings. The zero-order valence-electron chi connectivity index (χ0n) is 12.1. The Labute approximate surface area is 136 Å². The van der Waals surface area contributed by atoms with Crippen molar-refractivity contribution in [3.05, 3.63) is 59.2 Å². The molecule has 0 saturated heterocycles. The lowest BCUT2D eigenvalue weighted by Gasteiger charge is -2.11. The number of carbonyl (C=O) groups is 1. The topological polar surface area (TPSA) is 77.2 Å². The van der Waals surface area contributed by atoms with Gasteiger partial charge in [0.05, 0.1) is 7.11 Å². The first-order chi connectivity index (χ1) is 11.1. The summed E-state index contributed by atoms with van der Waals surface area (Å²) in [7, 11) is 1.52. The van der Waals surface area contributed by atoms with Crippen LogP contribution in [0.2, 0.25) is 5.02 Å². The van der Waals surface area contributed by atoms with Crippen LogP contribution < -0.4 is 4.74 Å². The minimum Gasteiger partial charge on any atom is -0.494 e. The highest BCUT2D eigenvalue weighted by molar-refractivity contribution is 6.30. The SMILES string of the molecule is COc1ccc(Cl)cc1-n1nnc(C(=O)O)c1-c1ccccc1. The van der Waals surface area contributed by atoms with Gasteiger partial charge in [0.2, 0.25) is 0 Å². The highest BCUT2D eigenvalue weighted by atomic mass is 35.5. The van der Waals surface area contributed by atoms with Crippen LogP contribution in [0, 0.1) is 0 Å². The number of carboxylic acids is 1. The van der Waals surface area contributed by atoms with Crippen molar-refractivity contribution in [3.8, 4) is 22.7 Å². The number of hydrogen-bond acceptors (Lipinski definition) is 4. The number of methoxy groups -OCH3 is 1. The lowest BCUT2D eigenvalue weighted by molar-refractivity contribution is 0.0691. The van der Waals surface area contributed by atoms with E-state index in [0.717, 1.165) is 0 Å². The largest absolute Gasteiger partial charge is 0.494 e. The smallest absolute Gasteiger partial charge is 0.358 e. The molecule has 0 radical (unpaired) electrons. The van der Waals surface area contributed by atoms with Gasteiger partial charge in [-0.2, -0.15) is 0 Å². The molecule has 23 heavy (non-hydrogen) atoms. The Morgan fingerprint density at radius 2 is 1.96 bits per heavy atom. The summed E-state index contributed by atoms with van der Waals surface area (Å²) in [6, 6.07) is 14.1. The molecule has 0 aliphatic carbocycles. The van der Waals surface area contributed by atoms with E-state index in [9.17, 15) is 9.90 Å². The van der Waals surface area contributed by atoms with Gasteiger partial charge in [0.1, 0.15) is 17.1 Å². The number of aromatic nitrogens is 3. The Bertz CT molecular complexity index is 862. The molecule has 3 aromatic rings. The van der Waals surface area contributed by atoms with Gasteiger partial charge in [0.15, 0.2) is 5.69 Å². The van der Waals surface area contributed by atoms with E-state index in [1.165, 1.54) is 11.8 Å². The fraction of sp³-hybridized carbons (Fsp3) is 0.0625. The standard InChI is InChI=1S/C16H12ClN3O3/c1-23-13-8-7-11(17)9-12(13)20-15(10-5-3-2-4-6-10)14(16(21)22)18-19-20/h2-9H,1H3,(H,21,22). The predicted molar refractivity (Wildman–Crippen MR) is 85.3 cm³/mol. The fourth-order valence-corrected chi connectivity index (χ4v) is 2.44. The van der Waals surface area contributed by atoms with E-state index in [0.29, 0.717) is 27.7 Å². The highest BCUT2D eigenvalue weighted by Crippen LogP contribution is 2.31. The predicted octanol–water partition coefficient (Wildman–Crippen LogP) is 3.29. The van der Waals surface area contributed by atoms with E-state index < -0.39 is 5.97 Å². The maximum atomic E-state index is 11.5. The maximum Gasteiger partial charge on any atom is 0.358 e. The Kier molecular flexibility index (Phi) is 3.99. The first-order valence-corrected chi connectivity index (χ1v) is 7.08. The number of nitrogens with zero attached hydrogens (tertiary/aromatic N) is 3. The number of carboxylic acid groups (broad SMARTS) is 1. The Balaban J connectivity index is 2.30. The minimum absolute atomic E-state index is 0.141. The fourth-order valence-electron chi connectivity index (χ4n) is 2.28. The second kappa shape index (κ2) is 6.10. The second-order valence-electron chi connectivity index (χ2n) is 4.69. The van der Waals surface area contributed by atoms with Crippen molar-refractivity contribution in [1.82, 2.24) is 15.0 Å². The van der Waals surface area contributed by atoms with Crippen LogP contribution in [0.25, 0.3) is 16.9 Å². The van der Waals surface area contributed by atoms with Crippen LogP contribution in [0.5, 0.6) is 5.75 Å². The zero-order chi connectivity index (χ0) is 16.4. The van der Waals surface area contributed by atoms with Gasteiger partial charge in [-0.3, -0.25) is 0 Å². The van der Waals surface area contributed by atoms with Crippen molar-refractivity contribution in [3.63, 3.8) is 0 Å². The molecule has 7 heteroatoms. The molecule has 0 fully saturated rings. The summed E-state index contributed by atoms with van der Waals surface area (Å²) in [5.41, 5.74) is 1.41. The molecule has 1 heterocycles. The first kappa shape index (κ1) is 15.1. The van der Waals surface area contributed by atoms with Gasteiger partial charge in [-0.15, -0.1) is 5.10 Å². The van der Waals surface area contributed by atoms with E-state index in [1.807, 2.05) is 18.2 Å². The Morgan fingerprint density at radius 1 is 1.22 bits per heavy atom. The summed E-state index contributed by atoms with van der Waals surface area (Å²) >= 11 is 6.06. The van der Waals surface area contributed by atoms with Crippen molar-refractivity contribution < 1.29 is 14.6 Å². The van der Waals surface area contributed by atoms with Crippen molar-refractivity contribution in [2.45, 2.75) is 0 Å². The van der Waals surface area contributed by atoms with Crippen LogP contribution in [0.4, 0.5) is 0 Å².